The molecule has 0 N–H and O–H groups in total. The van der Waals surface area contributed by atoms with Gasteiger partial charge in [-0.05, 0) is 18.6 Å². The third-order valence-corrected chi connectivity index (χ3v) is 4.07. The molecule has 0 saturated carbocycles. The first-order valence-corrected chi connectivity index (χ1v) is 7.96. The highest BCUT2D eigenvalue weighted by molar-refractivity contribution is 9.10. The Labute approximate surface area is 128 Å². The topological polar surface area (TPSA) is 22.1 Å². The van der Waals surface area contributed by atoms with Crippen LogP contribution in [-0.4, -0.2) is 11.6 Å². The minimum Gasteiger partial charge on any atom is -0.493 e. The second-order valence-electron chi connectivity index (χ2n) is 3.92. The van der Waals surface area contributed by atoms with Gasteiger partial charge in [0.15, 0.2) is 0 Å². The smallest absolute Gasteiger partial charge is 0.128 e. The highest BCUT2D eigenvalue weighted by atomic mass is 79.9. The fourth-order valence-electron chi connectivity index (χ4n) is 1.55. The second-order valence-corrected chi connectivity index (χ2v) is 6.05. The normalized spacial score (nSPS) is 10.7. The molecule has 0 aliphatic carbocycles. The van der Waals surface area contributed by atoms with Gasteiger partial charge in [-0.1, -0.05) is 15.9 Å². The van der Waals surface area contributed by atoms with Gasteiger partial charge in [0.1, 0.15) is 11.6 Å². The van der Waals surface area contributed by atoms with Gasteiger partial charge in [-0.2, -0.15) is 0 Å². The maximum absolute atomic E-state index is 13.1. The average Bonchev–Trinajstić information content (AvgIpc) is 2.81. The maximum Gasteiger partial charge on any atom is 0.128 e. The standard InChI is InChI=1S/C13H12BrClFNOS/c14-9-4-10(16)6-12(5-9)18-3-1-2-13-17-11(7-15)8-19-13/h4-6,8H,1-3,7H2. The molecule has 0 aliphatic heterocycles. The molecule has 1 aromatic heterocycles. The van der Waals surface area contributed by atoms with Crippen LogP contribution < -0.4 is 4.74 Å². The average molecular weight is 365 g/mol. The number of rotatable bonds is 6. The van der Waals surface area contributed by atoms with E-state index < -0.39 is 0 Å². The number of hydrogen-bond donors (Lipinski definition) is 0. The van der Waals surface area contributed by atoms with Crippen LogP contribution in [0.1, 0.15) is 17.1 Å². The minimum absolute atomic E-state index is 0.309. The van der Waals surface area contributed by atoms with E-state index in [-0.39, 0.29) is 5.82 Å². The van der Waals surface area contributed by atoms with E-state index in [2.05, 4.69) is 20.9 Å². The van der Waals surface area contributed by atoms with Gasteiger partial charge in [-0.15, -0.1) is 22.9 Å². The summed E-state index contributed by atoms with van der Waals surface area (Å²) in [5.41, 5.74) is 0.914. The van der Waals surface area contributed by atoms with E-state index in [4.69, 9.17) is 16.3 Å². The first-order valence-electron chi connectivity index (χ1n) is 5.75. The monoisotopic (exact) mass is 363 g/mol. The van der Waals surface area contributed by atoms with Crippen molar-refractivity contribution in [2.45, 2.75) is 18.7 Å². The fourth-order valence-corrected chi connectivity index (χ4v) is 3.06. The zero-order valence-electron chi connectivity index (χ0n) is 10.0. The summed E-state index contributed by atoms with van der Waals surface area (Å²) >= 11 is 10.5. The molecule has 19 heavy (non-hydrogen) atoms. The summed E-state index contributed by atoms with van der Waals surface area (Å²) in [6, 6.07) is 4.52. The molecule has 0 aliphatic rings. The Morgan fingerprint density at radius 2 is 2.21 bits per heavy atom. The number of thiazole rings is 1. The van der Waals surface area contributed by atoms with Crippen LogP contribution in [0.25, 0.3) is 0 Å². The van der Waals surface area contributed by atoms with Gasteiger partial charge in [-0.25, -0.2) is 9.37 Å². The summed E-state index contributed by atoms with van der Waals surface area (Å²) in [5.74, 6) is 0.674. The van der Waals surface area contributed by atoms with Crippen LogP contribution in [-0.2, 0) is 12.3 Å². The lowest BCUT2D eigenvalue weighted by atomic mass is 10.3. The summed E-state index contributed by atoms with van der Waals surface area (Å²) in [4.78, 5) is 4.37. The maximum atomic E-state index is 13.1. The number of nitrogens with zero attached hydrogens (tertiary/aromatic N) is 1. The van der Waals surface area contributed by atoms with Crippen LogP contribution in [0.5, 0.6) is 5.75 Å². The number of aromatic nitrogens is 1. The highest BCUT2D eigenvalue weighted by Gasteiger charge is 2.03. The summed E-state index contributed by atoms with van der Waals surface area (Å²) < 4.78 is 19.3. The molecular formula is C13H12BrClFNOS. The van der Waals surface area contributed by atoms with Gasteiger partial charge in [0.25, 0.3) is 0 Å². The van der Waals surface area contributed by atoms with Crippen molar-refractivity contribution in [1.29, 1.82) is 0 Å². The Bertz CT molecular complexity index is 529. The molecule has 2 rings (SSSR count). The van der Waals surface area contributed by atoms with Crippen molar-refractivity contribution in [1.82, 2.24) is 4.98 Å². The molecule has 0 saturated heterocycles. The Morgan fingerprint density at radius 1 is 1.37 bits per heavy atom. The van der Waals surface area contributed by atoms with Crippen molar-refractivity contribution >= 4 is 38.9 Å². The van der Waals surface area contributed by atoms with Crippen LogP contribution in [0.3, 0.4) is 0 Å². The third kappa shape index (κ3) is 4.75. The number of benzene rings is 1. The zero-order valence-corrected chi connectivity index (χ0v) is 13.2. The molecule has 2 aromatic rings. The minimum atomic E-state index is -0.309. The van der Waals surface area contributed by atoms with Crippen LogP contribution in [0.4, 0.5) is 4.39 Å². The van der Waals surface area contributed by atoms with Crippen LogP contribution >= 0.6 is 38.9 Å². The Hall–Kier alpha value is -0.650. The lowest BCUT2D eigenvalue weighted by molar-refractivity contribution is 0.309. The van der Waals surface area contributed by atoms with E-state index in [0.29, 0.717) is 22.7 Å². The number of aryl methyl sites for hydroxylation is 1. The molecule has 0 amide bonds. The summed E-state index contributed by atoms with van der Waals surface area (Å²) in [7, 11) is 0. The van der Waals surface area contributed by atoms with Crippen molar-refractivity contribution in [2.75, 3.05) is 6.61 Å². The molecule has 1 aromatic carbocycles. The predicted molar refractivity (Wildman–Crippen MR) is 79.6 cm³/mol. The molecule has 0 radical (unpaired) electrons. The van der Waals surface area contributed by atoms with Gasteiger partial charge in [0, 0.05) is 22.3 Å². The summed E-state index contributed by atoms with van der Waals surface area (Å²) in [6.45, 7) is 0.533. The van der Waals surface area contributed by atoms with E-state index in [9.17, 15) is 4.39 Å². The van der Waals surface area contributed by atoms with Crippen molar-refractivity contribution in [2.24, 2.45) is 0 Å². The Morgan fingerprint density at radius 3 is 2.89 bits per heavy atom. The SMILES string of the molecule is Fc1cc(Br)cc(OCCCc2nc(CCl)cs2)c1. The zero-order chi connectivity index (χ0) is 13.7. The molecule has 0 spiro atoms. The molecule has 0 atom stereocenters. The Kier molecular flexibility index (Phi) is 5.60. The second kappa shape index (κ2) is 7.22. The van der Waals surface area contributed by atoms with Gasteiger partial charge >= 0.3 is 0 Å². The quantitative estimate of drug-likeness (QED) is 0.543. The van der Waals surface area contributed by atoms with Gasteiger partial charge in [0.2, 0.25) is 0 Å². The van der Waals surface area contributed by atoms with Crippen LogP contribution in [0.2, 0.25) is 0 Å². The number of alkyl halides is 1. The van der Waals surface area contributed by atoms with E-state index in [1.54, 1.807) is 17.4 Å². The van der Waals surface area contributed by atoms with Crippen LogP contribution in [0.15, 0.2) is 28.1 Å². The van der Waals surface area contributed by atoms with Crippen LogP contribution in [0, 0.1) is 5.82 Å². The number of hydrogen-bond acceptors (Lipinski definition) is 3. The molecule has 0 fully saturated rings. The van der Waals surface area contributed by atoms with Gasteiger partial charge in [-0.3, -0.25) is 0 Å². The predicted octanol–water partition coefficient (Wildman–Crippen LogP) is 4.80. The largest absolute Gasteiger partial charge is 0.493 e. The van der Waals surface area contributed by atoms with Gasteiger partial charge in [0.05, 0.1) is 23.2 Å². The summed E-state index contributed by atoms with van der Waals surface area (Å²) in [5, 5.41) is 3.02. The van der Waals surface area contributed by atoms with Crippen molar-refractivity contribution in [3.8, 4) is 5.75 Å². The fraction of sp³-hybridized carbons (Fsp3) is 0.308. The third-order valence-electron chi connectivity index (χ3n) is 2.38. The first kappa shape index (κ1) is 14.8. The van der Waals surface area contributed by atoms with Crippen molar-refractivity contribution < 1.29 is 9.13 Å². The lowest BCUT2D eigenvalue weighted by Crippen LogP contribution is -1.99. The summed E-state index contributed by atoms with van der Waals surface area (Å²) in [6.07, 6.45) is 1.68. The van der Waals surface area contributed by atoms with Crippen molar-refractivity contribution in [3.05, 3.63) is 44.6 Å². The lowest BCUT2D eigenvalue weighted by Gasteiger charge is -2.06. The molecule has 1 heterocycles. The first-order chi connectivity index (χ1) is 9.17. The molecule has 0 unspecified atom stereocenters. The van der Waals surface area contributed by atoms with Gasteiger partial charge < -0.3 is 4.74 Å². The molecule has 6 heteroatoms. The van der Waals surface area contributed by atoms with Crippen molar-refractivity contribution in [3.63, 3.8) is 0 Å². The molecular weight excluding hydrogens is 353 g/mol. The van der Waals surface area contributed by atoms with E-state index in [1.165, 1.54) is 12.1 Å². The van der Waals surface area contributed by atoms with E-state index in [0.717, 1.165) is 23.5 Å². The molecule has 102 valence electrons. The number of halogens is 3. The van der Waals surface area contributed by atoms with E-state index in [1.807, 2.05) is 5.38 Å². The number of ether oxygens (including phenoxy) is 1. The van der Waals surface area contributed by atoms with E-state index >= 15 is 0 Å². The highest BCUT2D eigenvalue weighted by Crippen LogP contribution is 2.21. The molecule has 0 bridgehead atoms. The molecule has 2 nitrogen and oxygen atoms in total. The Balaban J connectivity index is 1.77.